The summed E-state index contributed by atoms with van der Waals surface area (Å²) in [6.07, 6.45) is 4.80. The molecule has 0 bridgehead atoms. The Balaban J connectivity index is 0.000000228. The standard InChI is InChI=1S/C13H16N2O2.C6H11N3/c1-11-14-7-8-15(11)9-12(16)10-17-13-5-3-2-4-6-13;1-4(7)6-3-8-5(2)9-6/h2-8,12,16H,9-10H2,1H3;3-4H,7H2,1-2H3,(H,8,9). The maximum atomic E-state index is 9.83. The third kappa shape index (κ3) is 6.34. The van der Waals surface area contributed by atoms with Gasteiger partial charge in [0.1, 0.15) is 30.1 Å². The number of imidazole rings is 2. The van der Waals surface area contributed by atoms with Gasteiger partial charge in [0.05, 0.1) is 12.2 Å². The summed E-state index contributed by atoms with van der Waals surface area (Å²) in [5.74, 6) is 2.58. The molecule has 0 saturated heterocycles. The fraction of sp³-hybridized carbons (Fsp3) is 0.368. The molecular weight excluding hydrogens is 330 g/mol. The average Bonchev–Trinajstić information content (AvgIpc) is 3.23. The second kappa shape index (κ2) is 9.74. The minimum atomic E-state index is -0.539. The molecule has 3 rings (SSSR count). The van der Waals surface area contributed by atoms with Crippen LogP contribution in [0.4, 0.5) is 0 Å². The first-order valence-corrected chi connectivity index (χ1v) is 8.56. The van der Waals surface area contributed by atoms with Gasteiger partial charge < -0.3 is 25.1 Å². The molecule has 0 aliphatic heterocycles. The Hall–Kier alpha value is -2.64. The average molecular weight is 357 g/mol. The molecule has 0 fully saturated rings. The van der Waals surface area contributed by atoms with Crippen molar-refractivity contribution in [1.29, 1.82) is 0 Å². The highest BCUT2D eigenvalue weighted by Gasteiger charge is 2.07. The van der Waals surface area contributed by atoms with E-state index >= 15 is 0 Å². The van der Waals surface area contributed by atoms with E-state index in [0.29, 0.717) is 6.54 Å². The molecule has 1 aromatic carbocycles. The Kier molecular flexibility index (Phi) is 7.37. The molecule has 0 amide bonds. The van der Waals surface area contributed by atoms with Crippen molar-refractivity contribution in [2.24, 2.45) is 5.73 Å². The van der Waals surface area contributed by atoms with Crippen LogP contribution >= 0.6 is 0 Å². The van der Waals surface area contributed by atoms with Crippen LogP contribution < -0.4 is 10.5 Å². The van der Waals surface area contributed by atoms with Crippen LogP contribution in [0.5, 0.6) is 5.75 Å². The molecule has 0 radical (unpaired) electrons. The minimum absolute atomic E-state index is 0.0613. The highest BCUT2D eigenvalue weighted by atomic mass is 16.5. The molecule has 0 saturated carbocycles. The second-order valence-corrected chi connectivity index (χ2v) is 6.12. The highest BCUT2D eigenvalue weighted by molar-refractivity contribution is 5.20. The highest BCUT2D eigenvalue weighted by Crippen LogP contribution is 2.09. The molecule has 2 atom stereocenters. The van der Waals surface area contributed by atoms with Gasteiger partial charge in [0.2, 0.25) is 0 Å². The predicted molar refractivity (Wildman–Crippen MR) is 101 cm³/mol. The van der Waals surface area contributed by atoms with E-state index in [1.165, 1.54) is 0 Å². The van der Waals surface area contributed by atoms with Crippen LogP contribution in [0.3, 0.4) is 0 Å². The van der Waals surface area contributed by atoms with Gasteiger partial charge in [-0.05, 0) is 32.9 Å². The molecule has 2 aromatic heterocycles. The van der Waals surface area contributed by atoms with Crippen molar-refractivity contribution in [3.05, 3.63) is 66.3 Å². The zero-order valence-electron chi connectivity index (χ0n) is 15.5. The first-order chi connectivity index (χ1) is 12.5. The summed E-state index contributed by atoms with van der Waals surface area (Å²) in [5, 5.41) is 9.83. The van der Waals surface area contributed by atoms with E-state index in [9.17, 15) is 5.11 Å². The summed E-state index contributed by atoms with van der Waals surface area (Å²) < 4.78 is 7.37. The van der Waals surface area contributed by atoms with E-state index in [1.54, 1.807) is 12.4 Å². The number of nitrogens with zero attached hydrogens (tertiary/aromatic N) is 3. The molecule has 0 spiro atoms. The summed E-state index contributed by atoms with van der Waals surface area (Å²) in [4.78, 5) is 11.1. The second-order valence-electron chi connectivity index (χ2n) is 6.12. The first-order valence-electron chi connectivity index (χ1n) is 8.56. The number of benzene rings is 1. The van der Waals surface area contributed by atoms with Crippen LogP contribution in [0.1, 0.15) is 30.3 Å². The van der Waals surface area contributed by atoms with Gasteiger partial charge in [-0.25, -0.2) is 9.97 Å². The lowest BCUT2D eigenvalue weighted by atomic mass is 10.3. The van der Waals surface area contributed by atoms with Gasteiger partial charge in [0.15, 0.2) is 0 Å². The van der Waals surface area contributed by atoms with E-state index in [0.717, 1.165) is 23.1 Å². The number of aliphatic hydroxyl groups is 1. The van der Waals surface area contributed by atoms with Crippen molar-refractivity contribution < 1.29 is 9.84 Å². The third-order valence-electron chi connectivity index (χ3n) is 3.73. The van der Waals surface area contributed by atoms with Gasteiger partial charge in [-0.15, -0.1) is 0 Å². The Morgan fingerprint density at radius 3 is 2.46 bits per heavy atom. The molecule has 4 N–H and O–H groups in total. The number of ether oxygens (including phenoxy) is 1. The van der Waals surface area contributed by atoms with Crippen molar-refractivity contribution >= 4 is 0 Å². The summed E-state index contributed by atoms with van der Waals surface area (Å²) in [6, 6.07) is 9.54. The summed E-state index contributed by atoms with van der Waals surface area (Å²) >= 11 is 0. The van der Waals surface area contributed by atoms with Crippen molar-refractivity contribution in [2.45, 2.75) is 39.5 Å². The Bertz CT molecular complexity index is 767. The molecule has 0 aliphatic carbocycles. The molecule has 7 nitrogen and oxygen atoms in total. The van der Waals surface area contributed by atoms with Crippen molar-refractivity contribution in [3.63, 3.8) is 0 Å². The number of aryl methyl sites for hydroxylation is 2. The lowest BCUT2D eigenvalue weighted by Gasteiger charge is -2.13. The van der Waals surface area contributed by atoms with Crippen LogP contribution in [0.2, 0.25) is 0 Å². The van der Waals surface area contributed by atoms with E-state index < -0.39 is 6.10 Å². The van der Waals surface area contributed by atoms with Gasteiger partial charge in [-0.1, -0.05) is 18.2 Å². The zero-order chi connectivity index (χ0) is 18.9. The maximum Gasteiger partial charge on any atom is 0.119 e. The monoisotopic (exact) mass is 357 g/mol. The molecule has 140 valence electrons. The summed E-state index contributed by atoms with van der Waals surface area (Å²) in [7, 11) is 0. The quantitative estimate of drug-likeness (QED) is 0.628. The lowest BCUT2D eigenvalue weighted by molar-refractivity contribution is 0.0919. The van der Waals surface area contributed by atoms with E-state index in [1.807, 2.05) is 61.9 Å². The van der Waals surface area contributed by atoms with E-state index in [4.69, 9.17) is 10.5 Å². The molecule has 26 heavy (non-hydrogen) atoms. The van der Waals surface area contributed by atoms with Gasteiger partial charge >= 0.3 is 0 Å². The fourth-order valence-electron chi connectivity index (χ4n) is 2.26. The van der Waals surface area contributed by atoms with E-state index in [-0.39, 0.29) is 12.6 Å². The molecular formula is C19H27N5O2. The zero-order valence-corrected chi connectivity index (χ0v) is 15.5. The SMILES string of the molecule is Cc1ncc(C(C)N)[nH]1.Cc1nccn1CC(O)COc1ccccc1. The topological polar surface area (TPSA) is 102 Å². The number of nitrogens with two attached hydrogens (primary N) is 1. The number of hydrogen-bond acceptors (Lipinski definition) is 5. The molecule has 7 heteroatoms. The number of aromatic amines is 1. The Morgan fingerprint density at radius 1 is 1.23 bits per heavy atom. The molecule has 3 aromatic rings. The minimum Gasteiger partial charge on any atom is -0.491 e. The number of aliphatic hydroxyl groups excluding tert-OH is 1. The van der Waals surface area contributed by atoms with Gasteiger partial charge in [0.25, 0.3) is 0 Å². The lowest BCUT2D eigenvalue weighted by Crippen LogP contribution is -2.23. The van der Waals surface area contributed by atoms with Crippen LogP contribution in [0.25, 0.3) is 0 Å². The maximum absolute atomic E-state index is 9.83. The normalized spacial score (nSPS) is 12.8. The van der Waals surface area contributed by atoms with Gasteiger partial charge in [0, 0.05) is 24.6 Å². The van der Waals surface area contributed by atoms with Crippen LogP contribution in [-0.4, -0.2) is 37.3 Å². The number of hydrogen-bond donors (Lipinski definition) is 3. The molecule has 0 aliphatic rings. The predicted octanol–water partition coefficient (Wildman–Crippen LogP) is 2.37. The fourth-order valence-corrected chi connectivity index (χ4v) is 2.26. The smallest absolute Gasteiger partial charge is 0.119 e. The number of H-pyrrole nitrogens is 1. The summed E-state index contributed by atoms with van der Waals surface area (Å²) in [6.45, 7) is 6.52. The molecule has 2 unspecified atom stereocenters. The van der Waals surface area contributed by atoms with Crippen molar-refractivity contribution in [3.8, 4) is 5.75 Å². The van der Waals surface area contributed by atoms with Crippen LogP contribution in [-0.2, 0) is 6.54 Å². The number of aromatic nitrogens is 4. The first kappa shape index (κ1) is 19.7. The Labute approximate surface area is 153 Å². The molecule has 2 heterocycles. The number of rotatable bonds is 6. The van der Waals surface area contributed by atoms with Gasteiger partial charge in [-0.3, -0.25) is 0 Å². The van der Waals surface area contributed by atoms with Gasteiger partial charge in [-0.2, -0.15) is 0 Å². The van der Waals surface area contributed by atoms with Crippen LogP contribution in [0, 0.1) is 13.8 Å². The number of para-hydroxylation sites is 1. The van der Waals surface area contributed by atoms with E-state index in [2.05, 4.69) is 15.0 Å². The third-order valence-corrected chi connectivity index (χ3v) is 3.73. The largest absolute Gasteiger partial charge is 0.491 e. The van der Waals surface area contributed by atoms with Crippen molar-refractivity contribution in [2.75, 3.05) is 6.61 Å². The van der Waals surface area contributed by atoms with Crippen LogP contribution in [0.15, 0.2) is 48.9 Å². The van der Waals surface area contributed by atoms with Crippen molar-refractivity contribution in [1.82, 2.24) is 19.5 Å². The summed E-state index contributed by atoms with van der Waals surface area (Å²) in [5.41, 5.74) is 6.55. The number of nitrogens with one attached hydrogen (secondary N) is 1. The Morgan fingerprint density at radius 2 is 1.96 bits per heavy atom.